The predicted molar refractivity (Wildman–Crippen MR) is 228 cm³/mol. The summed E-state index contributed by atoms with van der Waals surface area (Å²) in [7, 11) is 1.54. The Morgan fingerprint density at radius 1 is 0.525 bits per heavy atom. The van der Waals surface area contributed by atoms with Gasteiger partial charge in [-0.05, 0) is 117 Å². The first kappa shape index (κ1) is 43.0. The first-order chi connectivity index (χ1) is 28.4. The van der Waals surface area contributed by atoms with Crippen LogP contribution in [-0.2, 0) is 27.1 Å². The molecule has 0 spiro atoms. The Morgan fingerprint density at radius 2 is 0.864 bits per heavy atom. The minimum Gasteiger partial charge on any atom is -0.446 e. The van der Waals surface area contributed by atoms with Crippen molar-refractivity contribution in [2.45, 2.75) is 52.2 Å². The second-order valence-electron chi connectivity index (χ2n) is 13.9. The number of anilines is 4. The van der Waals surface area contributed by atoms with E-state index < -0.39 is 24.4 Å². The molecule has 4 amide bonds. The minimum atomic E-state index is -0.713. The van der Waals surface area contributed by atoms with Gasteiger partial charge >= 0.3 is 24.4 Å². The number of benzene rings is 5. The SMILES string of the molecule is C=C(C)CC(C)OC(=O)Nc1ccc(Cc2ccc(NC(=O)Oc3cccc(OC(=O)Nc4ccc(Cc5ccc(NC(=O)OC(C)COC)cc5)cc4)c3)cc2)cc1. The second-order valence-corrected chi connectivity index (χ2v) is 13.9. The number of hydrogen-bond donors (Lipinski definition) is 4. The molecule has 5 rings (SSSR count). The third-order valence-electron chi connectivity index (χ3n) is 8.50. The van der Waals surface area contributed by atoms with Gasteiger partial charge in [-0.3, -0.25) is 21.3 Å². The molecule has 0 radical (unpaired) electrons. The Balaban J connectivity index is 1.03. The average Bonchev–Trinajstić information content (AvgIpc) is 3.17. The van der Waals surface area contributed by atoms with Crippen molar-refractivity contribution < 1.29 is 42.9 Å². The van der Waals surface area contributed by atoms with E-state index in [9.17, 15) is 19.2 Å². The monoisotopic (exact) mass is 800 g/mol. The van der Waals surface area contributed by atoms with E-state index in [1.807, 2.05) is 74.5 Å². The summed E-state index contributed by atoms with van der Waals surface area (Å²) in [5.74, 6) is 0.364. The zero-order valence-corrected chi connectivity index (χ0v) is 33.4. The van der Waals surface area contributed by atoms with Crippen LogP contribution in [0, 0.1) is 0 Å². The lowest BCUT2D eigenvalue weighted by Crippen LogP contribution is -2.23. The van der Waals surface area contributed by atoms with E-state index in [4.69, 9.17) is 23.7 Å². The van der Waals surface area contributed by atoms with Crippen molar-refractivity contribution in [2.24, 2.45) is 0 Å². The van der Waals surface area contributed by atoms with E-state index in [0.717, 1.165) is 27.8 Å². The van der Waals surface area contributed by atoms with E-state index in [1.165, 1.54) is 6.07 Å². The number of methoxy groups -OCH3 is 1. The van der Waals surface area contributed by atoms with Crippen molar-refractivity contribution in [1.29, 1.82) is 0 Å². The van der Waals surface area contributed by atoms with Crippen molar-refractivity contribution in [2.75, 3.05) is 35.0 Å². The third-order valence-corrected chi connectivity index (χ3v) is 8.50. The van der Waals surface area contributed by atoms with Crippen LogP contribution in [0.25, 0.3) is 0 Å². The van der Waals surface area contributed by atoms with Crippen LogP contribution in [0.4, 0.5) is 41.9 Å². The van der Waals surface area contributed by atoms with Crippen molar-refractivity contribution >= 4 is 47.1 Å². The lowest BCUT2D eigenvalue weighted by Gasteiger charge is -2.14. The van der Waals surface area contributed by atoms with E-state index in [-0.39, 0.29) is 23.7 Å². The fraction of sp³-hybridized carbons (Fsp3) is 0.217. The molecule has 59 heavy (non-hydrogen) atoms. The van der Waals surface area contributed by atoms with Gasteiger partial charge in [0.15, 0.2) is 0 Å². The zero-order valence-electron chi connectivity index (χ0n) is 33.4. The maximum absolute atomic E-state index is 12.7. The van der Waals surface area contributed by atoms with Gasteiger partial charge in [-0.15, -0.1) is 6.58 Å². The van der Waals surface area contributed by atoms with Gasteiger partial charge in [0.25, 0.3) is 0 Å². The van der Waals surface area contributed by atoms with E-state index >= 15 is 0 Å². The summed E-state index contributed by atoms with van der Waals surface area (Å²) in [6.07, 6.45) is -1.23. The largest absolute Gasteiger partial charge is 0.446 e. The number of amides is 4. The van der Waals surface area contributed by atoms with Gasteiger partial charge in [-0.25, -0.2) is 19.2 Å². The molecule has 5 aromatic carbocycles. The Bertz CT molecular complexity index is 2190. The molecule has 0 aliphatic carbocycles. The van der Waals surface area contributed by atoms with E-state index in [1.54, 1.807) is 68.6 Å². The molecule has 0 saturated heterocycles. The molecule has 13 heteroatoms. The second kappa shape index (κ2) is 21.4. The summed E-state index contributed by atoms with van der Waals surface area (Å²) in [5, 5.41) is 10.8. The fourth-order valence-corrected chi connectivity index (χ4v) is 5.86. The molecular formula is C46H48N4O9. The molecule has 0 aliphatic heterocycles. The lowest BCUT2D eigenvalue weighted by molar-refractivity contribution is 0.0564. The van der Waals surface area contributed by atoms with Crippen LogP contribution in [0.1, 0.15) is 49.4 Å². The number of ether oxygens (including phenoxy) is 5. The molecule has 0 aliphatic rings. The number of nitrogens with one attached hydrogen (secondary N) is 4. The maximum atomic E-state index is 12.7. The van der Waals surface area contributed by atoms with E-state index in [0.29, 0.717) is 48.6 Å². The molecule has 4 N–H and O–H groups in total. The molecule has 0 aromatic heterocycles. The summed E-state index contributed by atoms with van der Waals surface area (Å²) >= 11 is 0. The molecule has 5 aromatic rings. The van der Waals surface area contributed by atoms with Crippen LogP contribution in [0.5, 0.6) is 11.5 Å². The summed E-state index contributed by atoms with van der Waals surface area (Å²) in [6, 6.07) is 35.8. The van der Waals surface area contributed by atoms with Gasteiger partial charge in [0, 0.05) is 42.3 Å². The van der Waals surface area contributed by atoms with Crippen molar-refractivity contribution in [3.8, 4) is 11.5 Å². The van der Waals surface area contributed by atoms with Crippen LogP contribution >= 0.6 is 0 Å². The van der Waals surface area contributed by atoms with Gasteiger partial charge in [0.05, 0.1) is 6.61 Å². The summed E-state index contributed by atoms with van der Waals surface area (Å²) in [4.78, 5) is 49.5. The highest BCUT2D eigenvalue weighted by atomic mass is 16.6. The molecule has 0 fully saturated rings. The van der Waals surface area contributed by atoms with Gasteiger partial charge in [-0.2, -0.15) is 0 Å². The van der Waals surface area contributed by atoms with Gasteiger partial charge < -0.3 is 23.7 Å². The van der Waals surface area contributed by atoms with Crippen LogP contribution < -0.4 is 30.7 Å². The minimum absolute atomic E-state index is 0.182. The molecule has 306 valence electrons. The topological polar surface area (TPSA) is 163 Å². The van der Waals surface area contributed by atoms with Crippen molar-refractivity contribution in [3.05, 3.63) is 156 Å². The number of hydrogen-bond acceptors (Lipinski definition) is 9. The summed E-state index contributed by atoms with van der Waals surface area (Å²) in [6.45, 7) is 9.61. The summed E-state index contributed by atoms with van der Waals surface area (Å²) < 4.78 is 26.4. The van der Waals surface area contributed by atoms with Gasteiger partial charge in [-0.1, -0.05) is 60.2 Å². The highest BCUT2D eigenvalue weighted by molar-refractivity contribution is 5.88. The van der Waals surface area contributed by atoms with Gasteiger partial charge in [0.1, 0.15) is 23.7 Å². The van der Waals surface area contributed by atoms with Crippen LogP contribution in [0.3, 0.4) is 0 Å². The Kier molecular flexibility index (Phi) is 15.6. The molecule has 0 bridgehead atoms. The standard InChI is InChI=1S/C46H48N4O9/c1-30(2)25-31(3)56-43(51)47-37-17-9-33(10-18-37)26-35-13-21-39(22-14-35)49-45(53)58-41-7-6-8-42(28-41)59-46(54)50-40-23-15-36(16-24-40)27-34-11-19-38(20-12-34)48-44(52)57-32(4)29-55-5/h6-24,28,31-32H,1,25-27,29H2,2-5H3,(H,47,51)(H,48,52)(H,49,53)(H,50,54). The lowest BCUT2D eigenvalue weighted by atomic mass is 10.0. The van der Waals surface area contributed by atoms with Crippen LogP contribution in [-0.4, -0.2) is 50.3 Å². The van der Waals surface area contributed by atoms with Crippen LogP contribution in [0.15, 0.2) is 133 Å². The molecule has 2 unspecified atom stereocenters. The Morgan fingerprint density at radius 3 is 1.20 bits per heavy atom. The number of rotatable bonds is 16. The van der Waals surface area contributed by atoms with E-state index in [2.05, 4.69) is 27.8 Å². The molecular weight excluding hydrogens is 753 g/mol. The Hall–Kier alpha value is -7.12. The fourth-order valence-electron chi connectivity index (χ4n) is 5.86. The zero-order chi connectivity index (χ0) is 42.1. The summed E-state index contributed by atoms with van der Waals surface area (Å²) in [5.41, 5.74) is 7.35. The van der Waals surface area contributed by atoms with Crippen molar-refractivity contribution in [1.82, 2.24) is 0 Å². The first-order valence-corrected chi connectivity index (χ1v) is 18.9. The van der Waals surface area contributed by atoms with Crippen LogP contribution in [0.2, 0.25) is 0 Å². The smallest absolute Gasteiger partial charge is 0.417 e. The first-order valence-electron chi connectivity index (χ1n) is 18.9. The van der Waals surface area contributed by atoms with Crippen molar-refractivity contribution in [3.63, 3.8) is 0 Å². The average molecular weight is 801 g/mol. The molecule has 0 heterocycles. The third kappa shape index (κ3) is 15.0. The highest BCUT2D eigenvalue weighted by Crippen LogP contribution is 2.23. The molecule has 0 saturated carbocycles. The Labute approximate surface area is 343 Å². The predicted octanol–water partition coefficient (Wildman–Crippen LogP) is 10.6. The van der Waals surface area contributed by atoms with Gasteiger partial charge in [0.2, 0.25) is 0 Å². The molecule has 2 atom stereocenters. The maximum Gasteiger partial charge on any atom is 0.417 e. The number of carbonyl (C=O) groups excluding carboxylic acids is 4. The number of carbonyl (C=O) groups is 4. The highest BCUT2D eigenvalue weighted by Gasteiger charge is 2.13. The molecule has 13 nitrogen and oxygen atoms in total. The quantitative estimate of drug-likeness (QED) is 0.0711. The normalized spacial score (nSPS) is 11.6.